The smallest absolute Gasteiger partial charge is 0.413 e. The Morgan fingerprint density at radius 2 is 1.79 bits per heavy atom. The molecule has 9 nitrogen and oxygen atoms in total. The highest BCUT2D eigenvalue weighted by Crippen LogP contribution is 2.29. The summed E-state index contributed by atoms with van der Waals surface area (Å²) in [5.74, 6) is 0.685. The number of ether oxygens (including phenoxy) is 2. The lowest BCUT2D eigenvalue weighted by Crippen LogP contribution is -2.18. The Hall–Kier alpha value is -5.24. The number of hydrogen-bond donors (Lipinski definition) is 2. The second-order valence-corrected chi connectivity index (χ2v) is 7.90. The van der Waals surface area contributed by atoms with E-state index in [-0.39, 0.29) is 22.5 Å². The number of halogens is 2. The lowest BCUT2D eigenvalue weighted by atomic mass is 10.1. The third-order valence-corrected chi connectivity index (χ3v) is 5.25. The molecule has 0 unspecified atom stereocenters. The molecule has 0 radical (unpaired) electrons. The molecule has 0 saturated heterocycles. The average molecular weight is 518 g/mol. The van der Waals surface area contributed by atoms with Crippen LogP contribution in [-0.2, 0) is 11.8 Å². The summed E-state index contributed by atoms with van der Waals surface area (Å²) in [6.07, 6.45) is 1.36. The van der Waals surface area contributed by atoms with Crippen LogP contribution in [-0.4, -0.2) is 31.9 Å². The number of carbonyl (C=O) groups is 2. The molecule has 2 aromatic carbocycles. The van der Waals surface area contributed by atoms with Crippen molar-refractivity contribution in [2.75, 3.05) is 5.32 Å². The zero-order chi connectivity index (χ0) is 27.2. The summed E-state index contributed by atoms with van der Waals surface area (Å²) in [6.45, 7) is 1.73. The molecular weight excluding hydrogens is 498 g/mol. The van der Waals surface area contributed by atoms with Gasteiger partial charge in [0.25, 0.3) is 0 Å². The number of aromatic nitrogens is 3. The second kappa shape index (κ2) is 11.2. The standard InChI is InChI=1S/C27H20F2N4O5/c1-16(18-7-4-3-5-8-18)37-27(36)32-24-19(15-31-33(24)2)11-10-17-13-21(28)23(22(29)14-17)38-25-20(26(34)35)9-6-12-30-25/h3-9,12-16H,1-2H3,(H,32,36)(H,34,35)/t16-/m1/s1. The molecule has 0 aliphatic rings. The van der Waals surface area contributed by atoms with Gasteiger partial charge in [0.15, 0.2) is 11.6 Å². The predicted molar refractivity (Wildman–Crippen MR) is 132 cm³/mol. The van der Waals surface area contributed by atoms with Crippen molar-refractivity contribution in [2.24, 2.45) is 7.05 Å². The van der Waals surface area contributed by atoms with Crippen molar-refractivity contribution in [3.05, 3.63) is 101 Å². The van der Waals surface area contributed by atoms with E-state index in [9.17, 15) is 23.5 Å². The molecule has 2 N–H and O–H groups in total. The van der Waals surface area contributed by atoms with Crippen molar-refractivity contribution in [3.8, 4) is 23.5 Å². The van der Waals surface area contributed by atoms with Gasteiger partial charge in [0.1, 0.15) is 17.5 Å². The quantitative estimate of drug-likeness (QED) is 0.333. The molecule has 0 aliphatic carbocycles. The first kappa shape index (κ1) is 25.8. The number of carboxylic acid groups (broad SMARTS) is 1. The summed E-state index contributed by atoms with van der Waals surface area (Å²) >= 11 is 0. The second-order valence-electron chi connectivity index (χ2n) is 7.90. The van der Waals surface area contributed by atoms with Crippen LogP contribution in [0.15, 0.2) is 67.0 Å². The van der Waals surface area contributed by atoms with Gasteiger partial charge >= 0.3 is 12.1 Å². The van der Waals surface area contributed by atoms with E-state index in [2.05, 4.69) is 27.2 Å². The summed E-state index contributed by atoms with van der Waals surface area (Å²) in [6, 6.07) is 13.6. The third kappa shape index (κ3) is 5.93. The number of rotatable bonds is 6. The largest absolute Gasteiger partial charge is 0.477 e. The molecule has 2 heterocycles. The fraction of sp³-hybridized carbons (Fsp3) is 0.111. The van der Waals surface area contributed by atoms with Gasteiger partial charge in [0.2, 0.25) is 11.6 Å². The first-order valence-corrected chi connectivity index (χ1v) is 11.1. The zero-order valence-electron chi connectivity index (χ0n) is 20.1. The summed E-state index contributed by atoms with van der Waals surface area (Å²) in [5.41, 5.74) is 0.689. The monoisotopic (exact) mass is 518 g/mol. The van der Waals surface area contributed by atoms with Gasteiger partial charge in [-0.3, -0.25) is 10.00 Å². The number of nitrogens with one attached hydrogen (secondary N) is 1. The minimum absolute atomic E-state index is 0.0399. The van der Waals surface area contributed by atoms with Gasteiger partial charge in [-0.25, -0.2) is 23.4 Å². The molecule has 0 spiro atoms. The van der Waals surface area contributed by atoms with Crippen molar-refractivity contribution in [2.45, 2.75) is 13.0 Å². The van der Waals surface area contributed by atoms with Gasteiger partial charge in [-0.1, -0.05) is 42.2 Å². The van der Waals surface area contributed by atoms with Crippen LogP contribution >= 0.6 is 0 Å². The van der Waals surface area contributed by atoms with Crippen LogP contribution in [0.5, 0.6) is 11.6 Å². The molecule has 4 rings (SSSR count). The number of anilines is 1. The summed E-state index contributed by atoms with van der Waals surface area (Å²) < 4.78 is 41.2. The number of amides is 1. The number of carbonyl (C=O) groups excluding carboxylic acids is 1. The van der Waals surface area contributed by atoms with Crippen LogP contribution < -0.4 is 10.1 Å². The van der Waals surface area contributed by atoms with E-state index in [0.29, 0.717) is 0 Å². The zero-order valence-corrected chi connectivity index (χ0v) is 20.1. The van der Waals surface area contributed by atoms with Crippen LogP contribution in [0.1, 0.15) is 40.1 Å². The number of aromatic carboxylic acids is 1. The van der Waals surface area contributed by atoms with E-state index in [4.69, 9.17) is 9.47 Å². The van der Waals surface area contributed by atoms with E-state index in [1.807, 2.05) is 30.3 Å². The van der Waals surface area contributed by atoms with Crippen molar-refractivity contribution in [3.63, 3.8) is 0 Å². The molecule has 38 heavy (non-hydrogen) atoms. The highest BCUT2D eigenvalue weighted by molar-refractivity contribution is 5.90. The third-order valence-electron chi connectivity index (χ3n) is 5.25. The fourth-order valence-corrected chi connectivity index (χ4v) is 3.36. The van der Waals surface area contributed by atoms with E-state index >= 15 is 0 Å². The lowest BCUT2D eigenvalue weighted by molar-refractivity contribution is 0.0693. The number of pyridine rings is 1. The van der Waals surface area contributed by atoms with Gasteiger partial charge in [-0.05, 0) is 36.8 Å². The van der Waals surface area contributed by atoms with Gasteiger partial charge in [0.05, 0.1) is 11.8 Å². The minimum Gasteiger partial charge on any atom is -0.477 e. The molecule has 0 saturated carbocycles. The van der Waals surface area contributed by atoms with Crippen molar-refractivity contribution in [1.29, 1.82) is 0 Å². The van der Waals surface area contributed by atoms with Crippen molar-refractivity contribution in [1.82, 2.24) is 14.8 Å². The van der Waals surface area contributed by atoms with Crippen LogP contribution in [0.2, 0.25) is 0 Å². The molecule has 0 bridgehead atoms. The average Bonchev–Trinajstić information content (AvgIpc) is 3.24. The Morgan fingerprint density at radius 3 is 2.47 bits per heavy atom. The van der Waals surface area contributed by atoms with Gasteiger partial charge < -0.3 is 14.6 Å². The highest BCUT2D eigenvalue weighted by Gasteiger charge is 2.19. The predicted octanol–water partition coefficient (Wildman–Crippen LogP) is 5.29. The van der Waals surface area contributed by atoms with Gasteiger partial charge in [-0.2, -0.15) is 5.10 Å². The maximum atomic E-state index is 14.7. The van der Waals surface area contributed by atoms with Crippen LogP contribution in [0.4, 0.5) is 19.4 Å². The summed E-state index contributed by atoms with van der Waals surface area (Å²) in [5, 5.41) is 15.9. The first-order valence-electron chi connectivity index (χ1n) is 11.1. The topological polar surface area (TPSA) is 116 Å². The van der Waals surface area contributed by atoms with E-state index in [1.54, 1.807) is 14.0 Å². The minimum atomic E-state index is -1.37. The van der Waals surface area contributed by atoms with Crippen molar-refractivity contribution >= 4 is 17.9 Å². The Labute approximate surface area is 215 Å². The van der Waals surface area contributed by atoms with Crippen LogP contribution in [0.3, 0.4) is 0 Å². The van der Waals surface area contributed by atoms with E-state index < -0.39 is 41.4 Å². The molecular formula is C27H20F2N4O5. The molecule has 0 aliphatic heterocycles. The maximum absolute atomic E-state index is 14.7. The number of nitrogens with zero attached hydrogens (tertiary/aromatic N) is 3. The van der Waals surface area contributed by atoms with Gasteiger partial charge in [-0.15, -0.1) is 0 Å². The Kier molecular flexibility index (Phi) is 7.63. The summed E-state index contributed by atoms with van der Waals surface area (Å²) in [7, 11) is 1.58. The normalized spacial score (nSPS) is 11.2. The SMILES string of the molecule is C[C@@H](OC(=O)Nc1c(C#Cc2cc(F)c(Oc3ncccc3C(=O)O)c(F)c2)cnn1C)c1ccccc1. The first-order chi connectivity index (χ1) is 18.2. The molecule has 4 aromatic rings. The van der Waals surface area contributed by atoms with Gasteiger partial charge in [0, 0.05) is 18.8 Å². The molecule has 1 atom stereocenters. The fourth-order valence-electron chi connectivity index (χ4n) is 3.36. The van der Waals surface area contributed by atoms with E-state index in [0.717, 1.165) is 17.7 Å². The molecule has 0 fully saturated rings. The Balaban J connectivity index is 1.51. The molecule has 11 heteroatoms. The Bertz CT molecular complexity index is 1540. The molecule has 2 aromatic heterocycles. The Morgan fingerprint density at radius 1 is 1.08 bits per heavy atom. The number of hydrogen-bond acceptors (Lipinski definition) is 6. The van der Waals surface area contributed by atoms with Crippen LogP contribution in [0.25, 0.3) is 0 Å². The number of carboxylic acids is 1. The van der Waals surface area contributed by atoms with Crippen LogP contribution in [0, 0.1) is 23.5 Å². The van der Waals surface area contributed by atoms with E-state index in [1.165, 1.54) is 29.2 Å². The molecule has 1 amide bonds. The highest BCUT2D eigenvalue weighted by atomic mass is 19.1. The maximum Gasteiger partial charge on any atom is 0.413 e. The van der Waals surface area contributed by atoms with Crippen molar-refractivity contribution < 1.29 is 33.0 Å². The summed E-state index contributed by atoms with van der Waals surface area (Å²) in [4.78, 5) is 27.5. The lowest BCUT2D eigenvalue weighted by Gasteiger charge is -2.14. The number of benzene rings is 2. The molecule has 192 valence electrons. The number of aryl methyl sites for hydroxylation is 1.